The number of rotatable bonds is 6. The van der Waals surface area contributed by atoms with Crippen LogP contribution >= 0.6 is 11.6 Å². The first kappa shape index (κ1) is 21.1. The standard InChI is InChI=1S/C21H24ClFN4O2/c22-16-2-8-19(9-3-16)27-14-12-26(13-15-27)11-1-10-24-20(28)21(29)25-18-6-4-17(23)5-7-18/h2-9H,1,10-15H2,(H,24,28)(H,25,29). The molecule has 8 heteroatoms. The SMILES string of the molecule is O=C(NCCCN1CCN(c2ccc(Cl)cc2)CC1)C(=O)Nc1ccc(F)cc1. The van der Waals surface area contributed by atoms with Gasteiger partial charge in [-0.3, -0.25) is 14.5 Å². The Labute approximate surface area is 174 Å². The molecule has 2 aromatic carbocycles. The molecule has 0 atom stereocenters. The Bertz CT molecular complexity index is 822. The smallest absolute Gasteiger partial charge is 0.313 e. The van der Waals surface area contributed by atoms with Crippen LogP contribution in [-0.2, 0) is 9.59 Å². The molecular formula is C21H24ClFN4O2. The van der Waals surface area contributed by atoms with E-state index in [1.807, 2.05) is 24.3 Å². The van der Waals surface area contributed by atoms with Crippen LogP contribution in [0.25, 0.3) is 0 Å². The van der Waals surface area contributed by atoms with Gasteiger partial charge >= 0.3 is 11.8 Å². The predicted molar refractivity (Wildman–Crippen MR) is 113 cm³/mol. The summed E-state index contributed by atoms with van der Waals surface area (Å²) < 4.78 is 12.9. The van der Waals surface area contributed by atoms with Gasteiger partial charge < -0.3 is 15.5 Å². The predicted octanol–water partition coefficient (Wildman–Crippen LogP) is 2.75. The third-order valence-corrected chi connectivity index (χ3v) is 5.06. The molecule has 0 bridgehead atoms. The minimum atomic E-state index is -0.756. The van der Waals surface area contributed by atoms with E-state index in [2.05, 4.69) is 20.4 Å². The first-order chi connectivity index (χ1) is 14.0. The van der Waals surface area contributed by atoms with Gasteiger partial charge in [-0.25, -0.2) is 4.39 Å². The third-order valence-electron chi connectivity index (χ3n) is 4.81. The van der Waals surface area contributed by atoms with Gasteiger partial charge in [-0.05, 0) is 61.5 Å². The van der Waals surface area contributed by atoms with E-state index in [0.717, 1.165) is 44.2 Å². The molecule has 1 saturated heterocycles. The van der Waals surface area contributed by atoms with Gasteiger partial charge in [-0.15, -0.1) is 0 Å². The van der Waals surface area contributed by atoms with E-state index >= 15 is 0 Å². The quantitative estimate of drug-likeness (QED) is 0.559. The van der Waals surface area contributed by atoms with Crippen molar-refractivity contribution in [3.05, 3.63) is 59.4 Å². The summed E-state index contributed by atoms with van der Waals surface area (Å²) in [5.41, 5.74) is 1.55. The molecule has 2 N–H and O–H groups in total. The normalized spacial score (nSPS) is 14.5. The average Bonchev–Trinajstić information content (AvgIpc) is 2.74. The molecule has 6 nitrogen and oxygen atoms in total. The fraction of sp³-hybridized carbons (Fsp3) is 0.333. The van der Waals surface area contributed by atoms with Crippen molar-refractivity contribution < 1.29 is 14.0 Å². The van der Waals surface area contributed by atoms with Crippen molar-refractivity contribution in [3.8, 4) is 0 Å². The number of nitrogens with zero attached hydrogens (tertiary/aromatic N) is 2. The van der Waals surface area contributed by atoms with E-state index in [1.54, 1.807) is 0 Å². The molecule has 2 amide bonds. The highest BCUT2D eigenvalue weighted by Gasteiger charge is 2.17. The van der Waals surface area contributed by atoms with E-state index in [0.29, 0.717) is 12.2 Å². The van der Waals surface area contributed by atoms with Gasteiger partial charge in [0.2, 0.25) is 0 Å². The Balaban J connectivity index is 1.31. The molecule has 1 aliphatic heterocycles. The zero-order valence-corrected chi connectivity index (χ0v) is 16.8. The number of piperazine rings is 1. The summed E-state index contributed by atoms with van der Waals surface area (Å²) >= 11 is 5.94. The average molecular weight is 419 g/mol. The van der Waals surface area contributed by atoms with Gasteiger partial charge in [0.15, 0.2) is 0 Å². The number of halogens is 2. The van der Waals surface area contributed by atoms with Crippen LogP contribution in [0.1, 0.15) is 6.42 Å². The van der Waals surface area contributed by atoms with Gasteiger partial charge in [-0.1, -0.05) is 11.6 Å². The minimum absolute atomic E-state index is 0.380. The van der Waals surface area contributed by atoms with E-state index in [-0.39, 0.29) is 0 Å². The first-order valence-corrected chi connectivity index (χ1v) is 9.97. The maximum atomic E-state index is 12.9. The van der Waals surface area contributed by atoms with Crippen LogP contribution in [0.15, 0.2) is 48.5 Å². The molecule has 1 fully saturated rings. The summed E-state index contributed by atoms with van der Waals surface area (Å²) in [5.74, 6) is -1.85. The third kappa shape index (κ3) is 6.44. The molecule has 3 rings (SSSR count). The summed E-state index contributed by atoms with van der Waals surface area (Å²) in [6.07, 6.45) is 0.760. The molecule has 1 heterocycles. The van der Waals surface area contributed by atoms with Gasteiger partial charge in [0.1, 0.15) is 5.82 Å². The number of hydrogen-bond acceptors (Lipinski definition) is 4. The molecule has 154 valence electrons. The van der Waals surface area contributed by atoms with Gasteiger partial charge in [0.25, 0.3) is 0 Å². The molecular weight excluding hydrogens is 395 g/mol. The highest BCUT2D eigenvalue weighted by Crippen LogP contribution is 2.19. The maximum absolute atomic E-state index is 12.9. The monoisotopic (exact) mass is 418 g/mol. The van der Waals surface area contributed by atoms with Crippen molar-refractivity contribution in [1.29, 1.82) is 0 Å². The lowest BCUT2D eigenvalue weighted by Gasteiger charge is -2.36. The molecule has 0 spiro atoms. The number of anilines is 2. The van der Waals surface area contributed by atoms with Crippen LogP contribution in [0.4, 0.5) is 15.8 Å². The summed E-state index contributed by atoms with van der Waals surface area (Å²) in [5, 5.41) is 5.80. The number of hydrogen-bond donors (Lipinski definition) is 2. The molecule has 29 heavy (non-hydrogen) atoms. The molecule has 1 aliphatic rings. The second kappa shape index (κ2) is 10.2. The van der Waals surface area contributed by atoms with Crippen molar-refractivity contribution in [3.63, 3.8) is 0 Å². The summed E-state index contributed by atoms with van der Waals surface area (Å²) in [6.45, 7) is 5.05. The number of benzene rings is 2. The van der Waals surface area contributed by atoms with Crippen LogP contribution in [-0.4, -0.2) is 56.0 Å². The Morgan fingerprint density at radius 1 is 0.931 bits per heavy atom. The second-order valence-electron chi connectivity index (χ2n) is 6.88. The molecule has 0 aromatic heterocycles. The Hall–Kier alpha value is -2.64. The lowest BCUT2D eigenvalue weighted by atomic mass is 10.2. The van der Waals surface area contributed by atoms with Crippen molar-refractivity contribution >= 4 is 34.8 Å². The van der Waals surface area contributed by atoms with Gasteiger partial charge in [0, 0.05) is 49.1 Å². The first-order valence-electron chi connectivity index (χ1n) is 9.59. The van der Waals surface area contributed by atoms with E-state index in [1.165, 1.54) is 30.0 Å². The Morgan fingerprint density at radius 2 is 1.59 bits per heavy atom. The van der Waals surface area contributed by atoms with Crippen molar-refractivity contribution in [1.82, 2.24) is 10.2 Å². The summed E-state index contributed by atoms with van der Waals surface area (Å²) in [6, 6.07) is 13.1. The van der Waals surface area contributed by atoms with Crippen LogP contribution in [0, 0.1) is 5.82 Å². The van der Waals surface area contributed by atoms with E-state index < -0.39 is 17.6 Å². The largest absolute Gasteiger partial charge is 0.369 e. The summed E-state index contributed by atoms with van der Waals surface area (Å²) in [7, 11) is 0. The van der Waals surface area contributed by atoms with Crippen LogP contribution in [0.5, 0.6) is 0 Å². The van der Waals surface area contributed by atoms with Gasteiger partial charge in [-0.2, -0.15) is 0 Å². The van der Waals surface area contributed by atoms with E-state index in [9.17, 15) is 14.0 Å². The fourth-order valence-corrected chi connectivity index (χ4v) is 3.31. The number of carbonyl (C=O) groups excluding carboxylic acids is 2. The Kier molecular flexibility index (Phi) is 7.43. The lowest BCUT2D eigenvalue weighted by molar-refractivity contribution is -0.136. The fourth-order valence-electron chi connectivity index (χ4n) is 3.19. The zero-order valence-electron chi connectivity index (χ0n) is 16.0. The van der Waals surface area contributed by atoms with Crippen LogP contribution in [0.3, 0.4) is 0 Å². The van der Waals surface area contributed by atoms with Crippen molar-refractivity contribution in [2.45, 2.75) is 6.42 Å². The number of carbonyl (C=O) groups is 2. The zero-order chi connectivity index (χ0) is 20.6. The minimum Gasteiger partial charge on any atom is -0.369 e. The van der Waals surface area contributed by atoms with Crippen molar-refractivity contribution in [2.75, 3.05) is 49.5 Å². The molecule has 2 aromatic rings. The maximum Gasteiger partial charge on any atom is 0.313 e. The summed E-state index contributed by atoms with van der Waals surface area (Å²) in [4.78, 5) is 28.4. The molecule has 0 saturated carbocycles. The van der Waals surface area contributed by atoms with Crippen molar-refractivity contribution in [2.24, 2.45) is 0 Å². The number of nitrogens with one attached hydrogen (secondary N) is 2. The lowest BCUT2D eigenvalue weighted by Crippen LogP contribution is -2.47. The molecule has 0 unspecified atom stereocenters. The Morgan fingerprint density at radius 3 is 2.24 bits per heavy atom. The topological polar surface area (TPSA) is 64.7 Å². The molecule has 0 aliphatic carbocycles. The van der Waals surface area contributed by atoms with Crippen LogP contribution < -0.4 is 15.5 Å². The molecule has 0 radical (unpaired) electrons. The number of amides is 2. The second-order valence-corrected chi connectivity index (χ2v) is 7.31. The van der Waals surface area contributed by atoms with E-state index in [4.69, 9.17) is 11.6 Å². The highest BCUT2D eigenvalue weighted by molar-refractivity contribution is 6.39. The van der Waals surface area contributed by atoms with Gasteiger partial charge in [0.05, 0.1) is 0 Å². The van der Waals surface area contributed by atoms with Crippen LogP contribution in [0.2, 0.25) is 5.02 Å². The highest BCUT2D eigenvalue weighted by atomic mass is 35.5.